The van der Waals surface area contributed by atoms with Crippen LogP contribution in [-0.2, 0) is 9.59 Å². The van der Waals surface area contributed by atoms with Gasteiger partial charge in [0.15, 0.2) is 0 Å². The average molecular weight is 290 g/mol. The van der Waals surface area contributed by atoms with Crippen LogP contribution in [0.25, 0.3) is 0 Å². The molecule has 0 aromatic heterocycles. The number of amides is 2. The minimum absolute atomic E-state index is 0.0338. The van der Waals surface area contributed by atoms with Crippen molar-refractivity contribution in [3.8, 4) is 5.75 Å². The molecule has 0 aliphatic carbocycles. The van der Waals surface area contributed by atoms with E-state index in [2.05, 4.69) is 5.32 Å². The Balaban J connectivity index is 2.34. The van der Waals surface area contributed by atoms with Crippen LogP contribution < -0.4 is 15.0 Å². The second-order valence-corrected chi connectivity index (χ2v) is 5.18. The fraction of sp³-hybridized carbons (Fsp3) is 0.500. The molecular weight excluding hydrogens is 268 g/mol. The molecule has 0 bridgehead atoms. The third-order valence-corrected chi connectivity index (χ3v) is 3.78. The molecule has 0 saturated carbocycles. The van der Waals surface area contributed by atoms with E-state index in [1.54, 1.807) is 24.1 Å². The SMILES string of the molecule is CCCC1NC(=O)C(CC)N(c2ccc(OC)cc2)C1=O. The predicted molar refractivity (Wildman–Crippen MR) is 81.4 cm³/mol. The highest BCUT2D eigenvalue weighted by Crippen LogP contribution is 2.26. The minimum atomic E-state index is -0.445. The van der Waals surface area contributed by atoms with Gasteiger partial charge in [0.2, 0.25) is 11.8 Å². The molecule has 2 atom stereocenters. The first-order valence-corrected chi connectivity index (χ1v) is 7.39. The quantitative estimate of drug-likeness (QED) is 0.903. The summed E-state index contributed by atoms with van der Waals surface area (Å²) in [6.07, 6.45) is 2.10. The van der Waals surface area contributed by atoms with Crippen molar-refractivity contribution in [2.75, 3.05) is 12.0 Å². The Hall–Kier alpha value is -2.04. The lowest BCUT2D eigenvalue weighted by Gasteiger charge is -2.38. The van der Waals surface area contributed by atoms with Gasteiger partial charge < -0.3 is 10.1 Å². The smallest absolute Gasteiger partial charge is 0.250 e. The molecule has 2 amide bonds. The third-order valence-electron chi connectivity index (χ3n) is 3.78. The number of methoxy groups -OCH3 is 1. The zero-order valence-electron chi connectivity index (χ0n) is 12.8. The van der Waals surface area contributed by atoms with Gasteiger partial charge >= 0.3 is 0 Å². The van der Waals surface area contributed by atoms with Gasteiger partial charge in [-0.3, -0.25) is 14.5 Å². The lowest BCUT2D eigenvalue weighted by atomic mass is 10.0. The largest absolute Gasteiger partial charge is 0.497 e. The average Bonchev–Trinajstić information content (AvgIpc) is 2.50. The van der Waals surface area contributed by atoms with Gasteiger partial charge in [0.1, 0.15) is 17.8 Å². The summed E-state index contributed by atoms with van der Waals surface area (Å²) < 4.78 is 5.13. The monoisotopic (exact) mass is 290 g/mol. The highest BCUT2D eigenvalue weighted by molar-refractivity contribution is 6.08. The second-order valence-electron chi connectivity index (χ2n) is 5.18. The maximum atomic E-state index is 12.7. The fourth-order valence-electron chi connectivity index (χ4n) is 2.67. The van der Waals surface area contributed by atoms with Gasteiger partial charge in [0.05, 0.1) is 7.11 Å². The molecule has 1 aromatic carbocycles. The Morgan fingerprint density at radius 3 is 2.38 bits per heavy atom. The van der Waals surface area contributed by atoms with Crippen LogP contribution in [0.15, 0.2) is 24.3 Å². The maximum absolute atomic E-state index is 12.7. The van der Waals surface area contributed by atoms with Crippen LogP contribution >= 0.6 is 0 Å². The number of hydrogen-bond acceptors (Lipinski definition) is 3. The van der Waals surface area contributed by atoms with Gasteiger partial charge in [-0.1, -0.05) is 20.3 Å². The molecule has 1 aliphatic rings. The van der Waals surface area contributed by atoms with Crippen molar-refractivity contribution >= 4 is 17.5 Å². The predicted octanol–water partition coefficient (Wildman–Crippen LogP) is 2.11. The van der Waals surface area contributed by atoms with Gasteiger partial charge in [-0.15, -0.1) is 0 Å². The van der Waals surface area contributed by atoms with Crippen LogP contribution in [0.5, 0.6) is 5.75 Å². The van der Waals surface area contributed by atoms with Gasteiger partial charge in [-0.05, 0) is 37.1 Å². The van der Waals surface area contributed by atoms with Crippen molar-refractivity contribution < 1.29 is 14.3 Å². The summed E-state index contributed by atoms with van der Waals surface area (Å²) in [5.74, 6) is 0.616. The first-order chi connectivity index (χ1) is 10.1. The minimum Gasteiger partial charge on any atom is -0.497 e. The lowest BCUT2D eigenvalue weighted by Crippen LogP contribution is -2.63. The van der Waals surface area contributed by atoms with Crippen LogP contribution in [0.3, 0.4) is 0 Å². The first kappa shape index (κ1) is 15.4. The normalized spacial score (nSPS) is 22.1. The van der Waals surface area contributed by atoms with E-state index >= 15 is 0 Å². The fourth-order valence-corrected chi connectivity index (χ4v) is 2.67. The van der Waals surface area contributed by atoms with E-state index in [0.717, 1.165) is 17.9 Å². The number of carbonyl (C=O) groups is 2. The molecule has 5 heteroatoms. The molecule has 21 heavy (non-hydrogen) atoms. The summed E-state index contributed by atoms with van der Waals surface area (Å²) in [6, 6.07) is 6.38. The van der Waals surface area contributed by atoms with E-state index in [0.29, 0.717) is 12.8 Å². The number of anilines is 1. The summed E-state index contributed by atoms with van der Waals surface area (Å²) in [5.41, 5.74) is 0.739. The number of nitrogens with one attached hydrogen (secondary N) is 1. The molecule has 0 spiro atoms. The van der Waals surface area contributed by atoms with E-state index in [4.69, 9.17) is 4.74 Å². The van der Waals surface area contributed by atoms with Gasteiger partial charge in [-0.25, -0.2) is 0 Å². The highest BCUT2D eigenvalue weighted by Gasteiger charge is 2.39. The number of piperazine rings is 1. The van der Waals surface area contributed by atoms with E-state index in [9.17, 15) is 9.59 Å². The second kappa shape index (κ2) is 6.61. The van der Waals surface area contributed by atoms with Crippen molar-refractivity contribution in [1.82, 2.24) is 5.32 Å². The Labute approximate surface area is 125 Å². The van der Waals surface area contributed by atoms with Crippen molar-refractivity contribution in [3.63, 3.8) is 0 Å². The van der Waals surface area contributed by atoms with Crippen LogP contribution in [0.4, 0.5) is 5.69 Å². The molecule has 1 heterocycles. The summed E-state index contributed by atoms with van der Waals surface area (Å²) in [5, 5.41) is 2.84. The number of nitrogens with zero attached hydrogens (tertiary/aromatic N) is 1. The zero-order valence-corrected chi connectivity index (χ0v) is 12.8. The van der Waals surface area contributed by atoms with Crippen molar-refractivity contribution in [3.05, 3.63) is 24.3 Å². The van der Waals surface area contributed by atoms with Crippen LogP contribution in [0.2, 0.25) is 0 Å². The Bertz CT molecular complexity index is 513. The lowest BCUT2D eigenvalue weighted by molar-refractivity contribution is -0.134. The van der Waals surface area contributed by atoms with Crippen molar-refractivity contribution in [2.45, 2.75) is 45.2 Å². The first-order valence-electron chi connectivity index (χ1n) is 7.39. The number of rotatable bonds is 5. The Morgan fingerprint density at radius 2 is 1.86 bits per heavy atom. The maximum Gasteiger partial charge on any atom is 0.250 e. The summed E-state index contributed by atoms with van der Waals surface area (Å²) in [4.78, 5) is 26.5. The van der Waals surface area contributed by atoms with Crippen LogP contribution in [0.1, 0.15) is 33.1 Å². The van der Waals surface area contributed by atoms with Gasteiger partial charge in [-0.2, -0.15) is 0 Å². The van der Waals surface area contributed by atoms with E-state index in [1.807, 2.05) is 26.0 Å². The molecule has 114 valence electrons. The standard InChI is InChI=1S/C16H22N2O3/c1-4-6-13-16(20)18(14(5-2)15(19)17-13)11-7-9-12(21-3)10-8-11/h7-10,13-14H,4-6H2,1-3H3,(H,17,19). The number of hydrogen-bond donors (Lipinski definition) is 1. The third kappa shape index (κ3) is 3.01. The van der Waals surface area contributed by atoms with E-state index in [1.165, 1.54) is 0 Å². The number of benzene rings is 1. The Morgan fingerprint density at radius 1 is 1.19 bits per heavy atom. The molecule has 1 saturated heterocycles. The number of carbonyl (C=O) groups excluding carboxylic acids is 2. The van der Waals surface area contributed by atoms with E-state index in [-0.39, 0.29) is 11.8 Å². The number of ether oxygens (including phenoxy) is 1. The zero-order chi connectivity index (χ0) is 15.4. The molecule has 2 unspecified atom stereocenters. The summed E-state index contributed by atoms with van der Waals surface area (Å²) >= 11 is 0. The van der Waals surface area contributed by atoms with Crippen LogP contribution in [-0.4, -0.2) is 31.0 Å². The molecule has 1 aliphatic heterocycles. The van der Waals surface area contributed by atoms with Gasteiger partial charge in [0.25, 0.3) is 0 Å². The van der Waals surface area contributed by atoms with E-state index < -0.39 is 12.1 Å². The molecule has 1 fully saturated rings. The topological polar surface area (TPSA) is 58.6 Å². The Kier molecular flexibility index (Phi) is 4.83. The summed E-state index contributed by atoms with van der Waals surface area (Å²) in [6.45, 7) is 3.91. The molecule has 0 radical (unpaired) electrons. The van der Waals surface area contributed by atoms with Crippen LogP contribution in [0, 0.1) is 0 Å². The molecular formula is C16H22N2O3. The molecule has 1 aromatic rings. The molecule has 1 N–H and O–H groups in total. The summed E-state index contributed by atoms with van der Waals surface area (Å²) in [7, 11) is 1.60. The van der Waals surface area contributed by atoms with Crippen molar-refractivity contribution in [2.24, 2.45) is 0 Å². The van der Waals surface area contributed by atoms with Gasteiger partial charge in [0, 0.05) is 5.69 Å². The molecule has 5 nitrogen and oxygen atoms in total. The highest BCUT2D eigenvalue weighted by atomic mass is 16.5. The molecule has 2 rings (SSSR count). The van der Waals surface area contributed by atoms with Crippen molar-refractivity contribution in [1.29, 1.82) is 0 Å².